The Bertz CT molecular complexity index is 1290. The van der Waals surface area contributed by atoms with Gasteiger partial charge in [-0.3, -0.25) is 9.59 Å². The fourth-order valence-electron chi connectivity index (χ4n) is 6.18. The molecular formula is C28H34F2N5O4+. The third kappa shape index (κ3) is 5.46. The molecule has 208 valence electrons. The van der Waals surface area contributed by atoms with Gasteiger partial charge in [0, 0.05) is 38.2 Å². The van der Waals surface area contributed by atoms with Gasteiger partial charge in [-0.2, -0.15) is 0 Å². The summed E-state index contributed by atoms with van der Waals surface area (Å²) < 4.78 is 27.7. The van der Waals surface area contributed by atoms with E-state index in [4.69, 9.17) is 0 Å². The van der Waals surface area contributed by atoms with Crippen molar-refractivity contribution in [1.82, 2.24) is 15.1 Å². The van der Waals surface area contributed by atoms with E-state index in [0.717, 1.165) is 30.2 Å². The van der Waals surface area contributed by atoms with E-state index >= 15 is 0 Å². The predicted molar refractivity (Wildman–Crippen MR) is 139 cm³/mol. The SMILES string of the molecule is CN1C(=O)NC(O)C12Cc1ccc(NC(=O)CN(Cc3cc(F)cc(F)c3)C(=O)C3CCC[NH+](C)C3)cc1C2. The van der Waals surface area contributed by atoms with Crippen LogP contribution in [-0.2, 0) is 29.0 Å². The van der Waals surface area contributed by atoms with Gasteiger partial charge in [0.05, 0.1) is 31.6 Å². The molecular weight excluding hydrogens is 508 g/mol. The fourth-order valence-corrected chi connectivity index (χ4v) is 6.18. The summed E-state index contributed by atoms with van der Waals surface area (Å²) in [7, 11) is 3.67. The van der Waals surface area contributed by atoms with Crippen molar-refractivity contribution in [3.05, 3.63) is 64.7 Å². The molecule has 0 aromatic heterocycles. The molecule has 0 radical (unpaired) electrons. The molecule has 4 amide bonds. The zero-order valence-electron chi connectivity index (χ0n) is 22.1. The second-order valence-corrected chi connectivity index (χ2v) is 11.1. The Hall–Kier alpha value is -3.57. The summed E-state index contributed by atoms with van der Waals surface area (Å²) in [6.07, 6.45) is 1.50. The van der Waals surface area contributed by atoms with Crippen LogP contribution in [0.25, 0.3) is 0 Å². The number of nitrogens with zero attached hydrogens (tertiary/aromatic N) is 2. The number of hydrogen-bond donors (Lipinski definition) is 4. The van der Waals surface area contributed by atoms with E-state index in [9.17, 15) is 28.3 Å². The van der Waals surface area contributed by atoms with Gasteiger partial charge in [0.25, 0.3) is 0 Å². The molecule has 5 rings (SSSR count). The third-order valence-electron chi connectivity index (χ3n) is 8.27. The molecule has 11 heteroatoms. The van der Waals surface area contributed by atoms with Gasteiger partial charge in [0.2, 0.25) is 11.8 Å². The number of hydrogen-bond acceptors (Lipinski definition) is 4. The van der Waals surface area contributed by atoms with Crippen LogP contribution < -0.4 is 15.5 Å². The molecule has 1 spiro atoms. The number of nitrogens with one attached hydrogen (secondary N) is 3. The van der Waals surface area contributed by atoms with E-state index in [1.807, 2.05) is 19.2 Å². The van der Waals surface area contributed by atoms with Crippen molar-refractivity contribution in [2.45, 2.75) is 44.0 Å². The minimum atomic E-state index is -1.01. The average Bonchev–Trinajstić information content (AvgIpc) is 3.35. The lowest BCUT2D eigenvalue weighted by molar-refractivity contribution is -0.887. The first-order valence-corrected chi connectivity index (χ1v) is 13.2. The Balaban J connectivity index is 1.31. The number of aliphatic hydroxyl groups excluding tert-OH is 1. The van der Waals surface area contributed by atoms with Crippen LogP contribution in [-0.4, -0.2) is 78.2 Å². The zero-order valence-corrected chi connectivity index (χ0v) is 22.1. The summed E-state index contributed by atoms with van der Waals surface area (Å²) >= 11 is 0. The smallest absolute Gasteiger partial charge is 0.319 e. The molecule has 39 heavy (non-hydrogen) atoms. The van der Waals surface area contributed by atoms with Crippen molar-refractivity contribution in [3.8, 4) is 0 Å². The number of rotatable bonds is 6. The van der Waals surface area contributed by atoms with Crippen molar-refractivity contribution >= 4 is 23.5 Å². The first kappa shape index (κ1) is 27.0. The van der Waals surface area contributed by atoms with E-state index in [-0.39, 0.29) is 36.5 Å². The van der Waals surface area contributed by atoms with Gasteiger partial charge in [-0.05, 0) is 53.8 Å². The highest BCUT2D eigenvalue weighted by Gasteiger charge is 2.53. The molecule has 4 N–H and O–H groups in total. The number of halogens is 2. The molecule has 0 bridgehead atoms. The predicted octanol–water partition coefficient (Wildman–Crippen LogP) is 0.668. The van der Waals surface area contributed by atoms with Crippen LogP contribution in [0.1, 0.15) is 29.5 Å². The monoisotopic (exact) mass is 542 g/mol. The van der Waals surface area contributed by atoms with Crippen molar-refractivity contribution < 1.29 is 33.2 Å². The number of quaternary nitrogens is 1. The van der Waals surface area contributed by atoms with Crippen LogP contribution in [0.5, 0.6) is 0 Å². The number of aliphatic hydroxyl groups is 1. The van der Waals surface area contributed by atoms with Crippen molar-refractivity contribution in [3.63, 3.8) is 0 Å². The lowest BCUT2D eigenvalue weighted by atomic mass is 9.93. The first-order chi connectivity index (χ1) is 18.5. The number of piperidine rings is 1. The van der Waals surface area contributed by atoms with Crippen molar-refractivity contribution in [2.24, 2.45) is 5.92 Å². The van der Waals surface area contributed by atoms with E-state index in [2.05, 4.69) is 10.6 Å². The topological polar surface area (TPSA) is 106 Å². The number of urea groups is 1. The molecule has 2 aliphatic heterocycles. The maximum Gasteiger partial charge on any atom is 0.319 e. The highest BCUT2D eigenvalue weighted by molar-refractivity contribution is 5.95. The Kier molecular flexibility index (Phi) is 7.30. The molecule has 9 nitrogen and oxygen atoms in total. The molecule has 2 saturated heterocycles. The summed E-state index contributed by atoms with van der Waals surface area (Å²) in [6, 6.07) is 8.21. The number of carbonyl (C=O) groups excluding carboxylic acids is 3. The second-order valence-electron chi connectivity index (χ2n) is 11.1. The third-order valence-corrected chi connectivity index (χ3v) is 8.27. The normalized spacial score (nSPS) is 25.9. The van der Waals surface area contributed by atoms with Gasteiger partial charge in [0.15, 0.2) is 6.23 Å². The van der Waals surface area contributed by atoms with Crippen LogP contribution in [0.2, 0.25) is 0 Å². The molecule has 2 aromatic carbocycles. The van der Waals surface area contributed by atoms with Crippen molar-refractivity contribution in [1.29, 1.82) is 0 Å². The Morgan fingerprint density at radius 3 is 2.56 bits per heavy atom. The fraction of sp³-hybridized carbons (Fsp3) is 0.464. The number of likely N-dealkylation sites (N-methyl/N-ethyl adjacent to an activating group) is 1. The van der Waals surface area contributed by atoms with Crippen LogP contribution in [0.4, 0.5) is 19.3 Å². The summed E-state index contributed by atoms with van der Waals surface area (Å²) in [4.78, 5) is 42.8. The van der Waals surface area contributed by atoms with Crippen LogP contribution in [0, 0.1) is 17.6 Å². The molecule has 2 fully saturated rings. The second kappa shape index (κ2) is 10.5. The zero-order chi connectivity index (χ0) is 27.9. The molecule has 2 heterocycles. The summed E-state index contributed by atoms with van der Waals surface area (Å²) in [5.74, 6) is -2.39. The highest BCUT2D eigenvalue weighted by Crippen LogP contribution is 2.39. The Morgan fingerprint density at radius 1 is 1.18 bits per heavy atom. The number of anilines is 1. The van der Waals surface area contributed by atoms with Gasteiger partial charge in [-0.25, -0.2) is 13.6 Å². The highest BCUT2D eigenvalue weighted by atomic mass is 19.1. The molecule has 0 saturated carbocycles. The number of likely N-dealkylation sites (tertiary alicyclic amines) is 1. The van der Waals surface area contributed by atoms with E-state index in [1.165, 1.54) is 26.8 Å². The molecule has 4 atom stereocenters. The molecule has 4 unspecified atom stereocenters. The van der Waals surface area contributed by atoms with E-state index in [1.54, 1.807) is 13.1 Å². The standard InChI is InChI=1S/C28H33F2N5O4/c1-33-7-3-4-19(15-33)25(37)35(14-17-8-21(29)11-22(30)9-17)16-24(36)31-23-6-5-18-12-28(13-20(18)10-23)26(38)32-27(39)34(28)2/h5-6,8-11,19,26,38H,3-4,7,12-16H2,1-2H3,(H,31,36)(H,32,39)/p+1. The largest absolute Gasteiger partial charge is 0.371 e. The van der Waals surface area contributed by atoms with Gasteiger partial charge < -0.3 is 30.4 Å². The summed E-state index contributed by atoms with van der Waals surface area (Å²) in [6.45, 7) is 1.25. The number of amides is 4. The van der Waals surface area contributed by atoms with Crippen molar-refractivity contribution in [2.75, 3.05) is 39.0 Å². The maximum absolute atomic E-state index is 13.9. The van der Waals surface area contributed by atoms with E-state index < -0.39 is 29.3 Å². The minimum absolute atomic E-state index is 0.0888. The average molecular weight is 543 g/mol. The van der Waals surface area contributed by atoms with Gasteiger partial charge >= 0.3 is 6.03 Å². The first-order valence-electron chi connectivity index (χ1n) is 13.2. The van der Waals surface area contributed by atoms with Crippen LogP contribution >= 0.6 is 0 Å². The van der Waals surface area contributed by atoms with Crippen LogP contribution in [0.3, 0.4) is 0 Å². The van der Waals surface area contributed by atoms with Gasteiger partial charge in [0.1, 0.15) is 18.2 Å². The lowest BCUT2D eigenvalue weighted by Crippen LogP contribution is -3.10. The van der Waals surface area contributed by atoms with Gasteiger partial charge in [-0.1, -0.05) is 6.07 Å². The van der Waals surface area contributed by atoms with Crippen LogP contribution in [0.15, 0.2) is 36.4 Å². The molecule has 3 aliphatic rings. The molecule has 1 aliphatic carbocycles. The quantitative estimate of drug-likeness (QED) is 0.431. The Labute approximate surface area is 225 Å². The summed E-state index contributed by atoms with van der Waals surface area (Å²) in [5, 5.41) is 15.9. The summed E-state index contributed by atoms with van der Waals surface area (Å²) in [5.41, 5.74) is 1.91. The van der Waals surface area contributed by atoms with Gasteiger partial charge in [-0.15, -0.1) is 0 Å². The van der Waals surface area contributed by atoms with E-state index in [0.29, 0.717) is 31.5 Å². The number of carbonyl (C=O) groups is 3. The number of benzene rings is 2. The number of fused-ring (bicyclic) bond motifs is 1. The maximum atomic E-state index is 13.9. The molecule has 2 aromatic rings. The minimum Gasteiger partial charge on any atom is -0.371 e. The lowest BCUT2D eigenvalue weighted by Gasteiger charge is -2.32. The Morgan fingerprint density at radius 2 is 1.90 bits per heavy atom.